The Morgan fingerprint density at radius 3 is 2.47 bits per heavy atom. The van der Waals surface area contributed by atoms with E-state index in [1.807, 2.05) is 4.90 Å². The molecule has 3 rings (SSSR count). The quantitative estimate of drug-likeness (QED) is 0.788. The molecule has 0 saturated carbocycles. The van der Waals surface area contributed by atoms with Gasteiger partial charge in [-0.3, -0.25) is 14.6 Å². The number of carbonyl (C=O) groups excluding carboxylic acids is 1. The van der Waals surface area contributed by atoms with E-state index in [2.05, 4.69) is 4.98 Å². The first kappa shape index (κ1) is 12.2. The van der Waals surface area contributed by atoms with Crippen molar-refractivity contribution in [3.05, 3.63) is 32.6 Å². The summed E-state index contributed by atoms with van der Waals surface area (Å²) in [6.45, 7) is 0. The maximum absolute atomic E-state index is 12.5. The molecule has 6 nitrogen and oxygen atoms in total. The molecular weight excluding hydrogens is 246 g/mol. The van der Waals surface area contributed by atoms with E-state index in [4.69, 9.17) is 0 Å². The number of piperidine rings is 1. The Bertz CT molecular complexity index is 615. The van der Waals surface area contributed by atoms with Crippen LogP contribution in [-0.4, -0.2) is 32.4 Å². The van der Waals surface area contributed by atoms with Gasteiger partial charge in [0.2, 0.25) is 0 Å². The zero-order chi connectivity index (χ0) is 13.6. The summed E-state index contributed by atoms with van der Waals surface area (Å²) in [5.41, 5.74) is -1.01. The molecule has 2 bridgehead atoms. The number of hydrogen-bond donors (Lipinski definition) is 1. The van der Waals surface area contributed by atoms with Crippen LogP contribution in [0.1, 0.15) is 42.5 Å². The van der Waals surface area contributed by atoms with Crippen LogP contribution in [0.15, 0.2) is 15.8 Å². The number of aryl methyl sites for hydroxylation is 1. The third kappa shape index (κ3) is 1.91. The standard InChI is InChI=1S/C13H17N3O3/c1-15-7-10(11(17)14-13(15)19)12(18)16-8-3-2-4-9(16)6-5-8/h7-9H,2-6H2,1H3,(H,14,17,19). The second-order valence-corrected chi connectivity index (χ2v) is 5.44. The Hall–Kier alpha value is -1.85. The van der Waals surface area contributed by atoms with E-state index in [-0.39, 0.29) is 23.6 Å². The summed E-state index contributed by atoms with van der Waals surface area (Å²) in [6.07, 6.45) is 6.60. The molecule has 1 N–H and O–H groups in total. The Morgan fingerprint density at radius 1 is 1.21 bits per heavy atom. The Morgan fingerprint density at radius 2 is 1.84 bits per heavy atom. The Kier molecular flexibility index (Phi) is 2.80. The number of aromatic amines is 1. The highest BCUT2D eigenvalue weighted by Gasteiger charge is 2.40. The third-order valence-corrected chi connectivity index (χ3v) is 4.27. The molecule has 0 spiro atoms. The lowest BCUT2D eigenvalue weighted by molar-refractivity contribution is 0.0592. The Balaban J connectivity index is 1.99. The van der Waals surface area contributed by atoms with Gasteiger partial charge in [0.15, 0.2) is 0 Å². The molecule has 2 aliphatic rings. The van der Waals surface area contributed by atoms with Crippen molar-refractivity contribution >= 4 is 5.91 Å². The second kappa shape index (κ2) is 4.36. The fourth-order valence-corrected chi connectivity index (χ4v) is 3.30. The summed E-state index contributed by atoms with van der Waals surface area (Å²) in [4.78, 5) is 39.7. The van der Waals surface area contributed by atoms with Crippen LogP contribution in [0.4, 0.5) is 0 Å². The molecule has 2 aliphatic heterocycles. The van der Waals surface area contributed by atoms with Crippen molar-refractivity contribution in [2.45, 2.75) is 44.2 Å². The lowest BCUT2D eigenvalue weighted by Crippen LogP contribution is -2.46. The predicted octanol–water partition coefficient (Wildman–Crippen LogP) is 0.231. The van der Waals surface area contributed by atoms with Crippen LogP contribution in [0.5, 0.6) is 0 Å². The highest BCUT2D eigenvalue weighted by molar-refractivity contribution is 5.94. The summed E-state index contributed by atoms with van der Waals surface area (Å²) in [6, 6.07) is 0.533. The first-order chi connectivity index (χ1) is 9.08. The van der Waals surface area contributed by atoms with E-state index < -0.39 is 11.2 Å². The Labute approximate surface area is 110 Å². The van der Waals surface area contributed by atoms with E-state index in [9.17, 15) is 14.4 Å². The van der Waals surface area contributed by atoms with Gasteiger partial charge in [0.05, 0.1) is 0 Å². The molecule has 2 fully saturated rings. The average Bonchev–Trinajstić information content (AvgIpc) is 2.63. The maximum Gasteiger partial charge on any atom is 0.328 e. The van der Waals surface area contributed by atoms with Crippen molar-refractivity contribution in [2.24, 2.45) is 7.05 Å². The normalized spacial score (nSPS) is 25.6. The summed E-state index contributed by atoms with van der Waals surface area (Å²) in [5, 5.41) is 0. The molecule has 0 aromatic carbocycles. The minimum absolute atomic E-state index is 0.0703. The van der Waals surface area contributed by atoms with Crippen molar-refractivity contribution in [3.8, 4) is 0 Å². The molecular formula is C13H17N3O3. The van der Waals surface area contributed by atoms with E-state index in [0.717, 1.165) is 32.1 Å². The average molecular weight is 263 g/mol. The van der Waals surface area contributed by atoms with Crippen LogP contribution in [-0.2, 0) is 7.05 Å². The molecule has 6 heteroatoms. The molecule has 1 amide bonds. The van der Waals surface area contributed by atoms with Crippen molar-refractivity contribution in [3.63, 3.8) is 0 Å². The van der Waals surface area contributed by atoms with Crippen molar-refractivity contribution < 1.29 is 4.79 Å². The molecule has 102 valence electrons. The van der Waals surface area contributed by atoms with Crippen LogP contribution in [0.25, 0.3) is 0 Å². The second-order valence-electron chi connectivity index (χ2n) is 5.44. The first-order valence-electron chi connectivity index (χ1n) is 6.70. The minimum Gasteiger partial charge on any atom is -0.332 e. The fraction of sp³-hybridized carbons (Fsp3) is 0.615. The van der Waals surface area contributed by atoms with E-state index >= 15 is 0 Å². The zero-order valence-corrected chi connectivity index (χ0v) is 10.9. The van der Waals surface area contributed by atoms with Crippen molar-refractivity contribution in [2.75, 3.05) is 0 Å². The van der Waals surface area contributed by atoms with Crippen LogP contribution >= 0.6 is 0 Å². The molecule has 2 atom stereocenters. The number of nitrogens with one attached hydrogen (secondary N) is 1. The summed E-state index contributed by atoms with van der Waals surface area (Å²) >= 11 is 0. The largest absolute Gasteiger partial charge is 0.332 e. The topological polar surface area (TPSA) is 75.2 Å². The number of fused-ring (bicyclic) bond motifs is 2. The van der Waals surface area contributed by atoms with Crippen molar-refractivity contribution in [1.29, 1.82) is 0 Å². The minimum atomic E-state index is -0.585. The van der Waals surface area contributed by atoms with Gasteiger partial charge in [-0.05, 0) is 32.1 Å². The van der Waals surface area contributed by atoms with Gasteiger partial charge in [0, 0.05) is 25.3 Å². The molecule has 2 saturated heterocycles. The third-order valence-electron chi connectivity index (χ3n) is 4.27. The van der Waals surface area contributed by atoms with Gasteiger partial charge in [0.1, 0.15) is 5.56 Å². The number of carbonyl (C=O) groups is 1. The summed E-state index contributed by atoms with van der Waals surface area (Å²) < 4.78 is 1.24. The van der Waals surface area contributed by atoms with Gasteiger partial charge in [-0.1, -0.05) is 0 Å². The van der Waals surface area contributed by atoms with Crippen LogP contribution < -0.4 is 11.2 Å². The van der Waals surface area contributed by atoms with Crippen LogP contribution in [0.3, 0.4) is 0 Å². The molecule has 1 aromatic heterocycles. The number of rotatable bonds is 1. The van der Waals surface area contributed by atoms with Gasteiger partial charge in [-0.2, -0.15) is 0 Å². The van der Waals surface area contributed by atoms with Gasteiger partial charge in [-0.15, -0.1) is 0 Å². The molecule has 1 aromatic rings. The van der Waals surface area contributed by atoms with E-state index in [1.165, 1.54) is 17.8 Å². The number of amides is 1. The molecule has 3 heterocycles. The monoisotopic (exact) mass is 263 g/mol. The van der Waals surface area contributed by atoms with Gasteiger partial charge >= 0.3 is 5.69 Å². The number of hydrogen-bond acceptors (Lipinski definition) is 3. The summed E-state index contributed by atoms with van der Waals surface area (Å²) in [7, 11) is 1.53. The van der Waals surface area contributed by atoms with Crippen LogP contribution in [0, 0.1) is 0 Å². The van der Waals surface area contributed by atoms with E-state index in [0.29, 0.717) is 0 Å². The highest BCUT2D eigenvalue weighted by atomic mass is 16.2. The number of nitrogens with zero attached hydrogens (tertiary/aromatic N) is 2. The van der Waals surface area contributed by atoms with Crippen molar-refractivity contribution in [1.82, 2.24) is 14.5 Å². The fourth-order valence-electron chi connectivity index (χ4n) is 3.30. The smallest absolute Gasteiger partial charge is 0.328 e. The lowest BCUT2D eigenvalue weighted by atomic mass is 10.0. The molecule has 2 unspecified atom stereocenters. The van der Waals surface area contributed by atoms with Gasteiger partial charge in [0.25, 0.3) is 11.5 Å². The first-order valence-corrected chi connectivity index (χ1v) is 6.70. The zero-order valence-electron chi connectivity index (χ0n) is 10.9. The van der Waals surface area contributed by atoms with Gasteiger partial charge in [-0.25, -0.2) is 4.79 Å². The maximum atomic E-state index is 12.5. The molecule has 0 aliphatic carbocycles. The molecule has 0 radical (unpaired) electrons. The predicted molar refractivity (Wildman–Crippen MR) is 69.1 cm³/mol. The molecule has 19 heavy (non-hydrogen) atoms. The lowest BCUT2D eigenvalue weighted by Gasteiger charge is -2.34. The number of aromatic nitrogens is 2. The summed E-state index contributed by atoms with van der Waals surface area (Å²) in [5.74, 6) is -0.232. The van der Waals surface area contributed by atoms with E-state index in [1.54, 1.807) is 0 Å². The van der Waals surface area contributed by atoms with Gasteiger partial charge < -0.3 is 9.47 Å². The number of H-pyrrole nitrogens is 1. The van der Waals surface area contributed by atoms with Crippen LogP contribution in [0.2, 0.25) is 0 Å². The highest BCUT2D eigenvalue weighted by Crippen LogP contribution is 2.36. The SMILES string of the molecule is Cn1cc(C(=O)N2C3CCCC2CC3)c(=O)[nH]c1=O.